The second-order valence-corrected chi connectivity index (χ2v) is 6.19. The third kappa shape index (κ3) is 2.93. The van der Waals surface area contributed by atoms with E-state index in [9.17, 15) is 9.90 Å². The third-order valence-corrected chi connectivity index (χ3v) is 3.36. The molecule has 0 saturated carbocycles. The molecular formula is C9H18N3O2S+. The minimum Gasteiger partial charge on any atom is -0.394 e. The number of amidine groups is 1. The van der Waals surface area contributed by atoms with Crippen LogP contribution >= 0.6 is 11.8 Å². The SMILES string of the molecule is CC(C)(C)[NH2+]C[C@@]1(CO)SC(N)=NC1=O. The summed E-state index contributed by atoms with van der Waals surface area (Å²) < 4.78 is -0.878. The average molecular weight is 232 g/mol. The Labute approximate surface area is 93.5 Å². The number of hydrogen-bond acceptors (Lipinski definition) is 4. The number of nitrogens with two attached hydrogens (primary N) is 2. The summed E-state index contributed by atoms with van der Waals surface area (Å²) in [7, 11) is 0. The molecule has 0 fully saturated rings. The highest BCUT2D eigenvalue weighted by atomic mass is 32.2. The lowest BCUT2D eigenvalue weighted by atomic mass is 10.1. The summed E-state index contributed by atoms with van der Waals surface area (Å²) in [6.45, 7) is 6.40. The predicted octanol–water partition coefficient (Wildman–Crippen LogP) is -1.33. The van der Waals surface area contributed by atoms with Crippen LogP contribution in [-0.2, 0) is 4.79 Å². The van der Waals surface area contributed by atoms with Crippen LogP contribution < -0.4 is 11.1 Å². The molecule has 1 atom stereocenters. The molecule has 86 valence electrons. The van der Waals surface area contributed by atoms with Gasteiger partial charge in [-0.3, -0.25) is 4.79 Å². The number of hydrogen-bond donors (Lipinski definition) is 3. The molecule has 5 N–H and O–H groups in total. The van der Waals surface area contributed by atoms with E-state index in [2.05, 4.69) is 4.99 Å². The Morgan fingerprint density at radius 3 is 2.53 bits per heavy atom. The van der Waals surface area contributed by atoms with Crippen molar-refractivity contribution in [3.8, 4) is 0 Å². The van der Waals surface area contributed by atoms with Gasteiger partial charge >= 0.3 is 0 Å². The highest BCUT2D eigenvalue weighted by Crippen LogP contribution is 2.30. The van der Waals surface area contributed by atoms with E-state index >= 15 is 0 Å². The molecule has 15 heavy (non-hydrogen) atoms. The Balaban J connectivity index is 2.68. The number of amides is 1. The first kappa shape index (κ1) is 12.5. The second-order valence-electron chi connectivity index (χ2n) is 4.78. The van der Waals surface area contributed by atoms with Crippen molar-refractivity contribution in [1.82, 2.24) is 0 Å². The third-order valence-electron chi connectivity index (χ3n) is 2.20. The van der Waals surface area contributed by atoms with E-state index in [1.165, 1.54) is 0 Å². The average Bonchev–Trinajstić information content (AvgIpc) is 2.37. The van der Waals surface area contributed by atoms with Gasteiger partial charge in [-0.25, -0.2) is 0 Å². The molecule has 1 rings (SSSR count). The van der Waals surface area contributed by atoms with Crippen molar-refractivity contribution >= 4 is 22.8 Å². The number of aliphatic imine (C=N–C) groups is 1. The molecule has 1 heterocycles. The molecule has 0 unspecified atom stereocenters. The number of carbonyl (C=O) groups excluding carboxylic acids is 1. The van der Waals surface area contributed by atoms with Gasteiger partial charge in [-0.05, 0) is 20.8 Å². The Hall–Kier alpha value is -0.590. The van der Waals surface area contributed by atoms with Gasteiger partial charge in [-0.15, -0.1) is 0 Å². The van der Waals surface area contributed by atoms with Crippen LogP contribution in [0.1, 0.15) is 20.8 Å². The molecule has 0 aromatic rings. The summed E-state index contributed by atoms with van der Waals surface area (Å²) in [5, 5.41) is 11.6. The first-order valence-electron chi connectivity index (χ1n) is 4.82. The zero-order valence-corrected chi connectivity index (χ0v) is 10.1. The van der Waals surface area contributed by atoms with Crippen molar-refractivity contribution in [2.45, 2.75) is 31.1 Å². The second kappa shape index (κ2) is 4.11. The van der Waals surface area contributed by atoms with Crippen LogP contribution in [0.25, 0.3) is 0 Å². The van der Waals surface area contributed by atoms with Crippen LogP contribution in [0.2, 0.25) is 0 Å². The molecule has 0 aromatic carbocycles. The van der Waals surface area contributed by atoms with Crippen molar-refractivity contribution in [3.63, 3.8) is 0 Å². The smallest absolute Gasteiger partial charge is 0.272 e. The number of rotatable bonds is 3. The molecule has 0 saturated heterocycles. The van der Waals surface area contributed by atoms with Crippen molar-refractivity contribution in [3.05, 3.63) is 0 Å². The summed E-state index contributed by atoms with van der Waals surface area (Å²) in [5.74, 6) is -0.326. The predicted molar refractivity (Wildman–Crippen MR) is 60.6 cm³/mol. The first-order chi connectivity index (χ1) is 6.79. The zero-order chi connectivity index (χ0) is 11.7. The molecule has 6 heteroatoms. The standard InChI is InChI=1S/C9H17N3O2S/c1-8(2,3)11-4-9(5-13)6(14)12-7(10)15-9/h11,13H,4-5H2,1-3H3,(H2,10,12,14)/p+1/t9-/m0/s1. The van der Waals surface area contributed by atoms with Crippen LogP contribution in [0, 0.1) is 0 Å². The fourth-order valence-corrected chi connectivity index (χ4v) is 2.13. The van der Waals surface area contributed by atoms with Gasteiger partial charge in [0.1, 0.15) is 6.54 Å². The molecule has 0 spiro atoms. The van der Waals surface area contributed by atoms with E-state index in [4.69, 9.17) is 5.73 Å². The highest BCUT2D eigenvalue weighted by Gasteiger charge is 2.47. The normalized spacial score (nSPS) is 26.9. The van der Waals surface area contributed by atoms with Crippen LogP contribution in [0.3, 0.4) is 0 Å². The van der Waals surface area contributed by atoms with Crippen molar-refractivity contribution in [2.75, 3.05) is 13.2 Å². The van der Waals surface area contributed by atoms with E-state index in [1.54, 1.807) is 0 Å². The molecule has 1 amide bonds. The lowest BCUT2D eigenvalue weighted by Crippen LogP contribution is -2.97. The fraction of sp³-hybridized carbons (Fsp3) is 0.778. The Bertz CT molecular complexity index is 298. The number of aliphatic hydroxyl groups is 1. The zero-order valence-electron chi connectivity index (χ0n) is 9.28. The Morgan fingerprint density at radius 2 is 2.20 bits per heavy atom. The van der Waals surface area contributed by atoms with E-state index < -0.39 is 4.75 Å². The van der Waals surface area contributed by atoms with Crippen molar-refractivity contribution in [1.29, 1.82) is 0 Å². The first-order valence-corrected chi connectivity index (χ1v) is 5.64. The van der Waals surface area contributed by atoms with Crippen LogP contribution in [0.4, 0.5) is 0 Å². The molecule has 0 aliphatic carbocycles. The molecular weight excluding hydrogens is 214 g/mol. The summed E-state index contributed by atoms with van der Waals surface area (Å²) >= 11 is 1.16. The molecule has 1 aliphatic heterocycles. The minimum absolute atomic E-state index is 0.0142. The number of thioether (sulfide) groups is 1. The van der Waals surface area contributed by atoms with Crippen LogP contribution in [0.5, 0.6) is 0 Å². The Morgan fingerprint density at radius 1 is 1.60 bits per heavy atom. The quantitative estimate of drug-likeness (QED) is 0.562. The van der Waals surface area contributed by atoms with E-state index in [0.717, 1.165) is 11.8 Å². The van der Waals surface area contributed by atoms with Gasteiger partial charge in [0.05, 0.1) is 12.1 Å². The lowest BCUT2D eigenvalue weighted by molar-refractivity contribution is -0.718. The molecule has 0 radical (unpaired) electrons. The van der Waals surface area contributed by atoms with Crippen LogP contribution in [-0.4, -0.2) is 39.6 Å². The van der Waals surface area contributed by atoms with E-state index in [1.807, 2.05) is 26.1 Å². The van der Waals surface area contributed by atoms with Gasteiger partial charge in [-0.1, -0.05) is 11.8 Å². The van der Waals surface area contributed by atoms with Crippen molar-refractivity contribution < 1.29 is 15.2 Å². The number of carbonyl (C=O) groups is 1. The van der Waals surface area contributed by atoms with Gasteiger partial charge < -0.3 is 16.2 Å². The number of aliphatic hydroxyl groups excluding tert-OH is 1. The van der Waals surface area contributed by atoms with Gasteiger partial charge in [0.2, 0.25) is 0 Å². The maximum absolute atomic E-state index is 11.6. The van der Waals surface area contributed by atoms with Crippen molar-refractivity contribution in [2.24, 2.45) is 10.7 Å². The maximum Gasteiger partial charge on any atom is 0.272 e. The van der Waals surface area contributed by atoms with Gasteiger partial charge in [-0.2, -0.15) is 4.99 Å². The van der Waals surface area contributed by atoms with Gasteiger partial charge in [0.15, 0.2) is 9.91 Å². The molecule has 0 aromatic heterocycles. The Kier molecular flexibility index (Phi) is 3.42. The van der Waals surface area contributed by atoms with Gasteiger partial charge in [0, 0.05) is 0 Å². The van der Waals surface area contributed by atoms with E-state index in [0.29, 0.717) is 6.54 Å². The fourth-order valence-electron chi connectivity index (χ4n) is 1.23. The largest absolute Gasteiger partial charge is 0.394 e. The lowest BCUT2D eigenvalue weighted by Gasteiger charge is -2.25. The number of nitrogens with zero attached hydrogens (tertiary/aromatic N) is 1. The maximum atomic E-state index is 11.6. The summed E-state index contributed by atoms with van der Waals surface area (Å²) in [6.07, 6.45) is 0. The van der Waals surface area contributed by atoms with Gasteiger partial charge in [0.25, 0.3) is 5.91 Å². The molecule has 5 nitrogen and oxygen atoms in total. The minimum atomic E-state index is -0.878. The molecule has 0 bridgehead atoms. The highest BCUT2D eigenvalue weighted by molar-refractivity contribution is 8.16. The topological polar surface area (TPSA) is 92.3 Å². The monoisotopic (exact) mass is 232 g/mol. The summed E-state index contributed by atoms with van der Waals surface area (Å²) in [4.78, 5) is 15.2. The number of quaternary nitrogens is 1. The summed E-state index contributed by atoms with van der Waals surface area (Å²) in [6, 6.07) is 0. The molecule has 1 aliphatic rings. The summed E-state index contributed by atoms with van der Waals surface area (Å²) in [5.41, 5.74) is 5.50. The van der Waals surface area contributed by atoms with Crippen LogP contribution in [0.15, 0.2) is 4.99 Å². The van der Waals surface area contributed by atoms with E-state index in [-0.39, 0.29) is 23.2 Å².